The molecule has 0 radical (unpaired) electrons. The smallest absolute Gasteiger partial charge is 0.309 e. The highest BCUT2D eigenvalue weighted by molar-refractivity contribution is 5.74. The predicted octanol–water partition coefficient (Wildman–Crippen LogP) is 4.32. The van der Waals surface area contributed by atoms with Crippen molar-refractivity contribution in [3.8, 4) is 0 Å². The molecule has 1 aliphatic rings. The van der Waals surface area contributed by atoms with Gasteiger partial charge in [0.1, 0.15) is 0 Å². The molecule has 1 saturated carbocycles. The summed E-state index contributed by atoms with van der Waals surface area (Å²) in [6, 6.07) is 10.4. The molecule has 0 bridgehead atoms. The first-order valence-electron chi connectivity index (χ1n) is 7.22. The third kappa shape index (κ3) is 2.83. The molecule has 1 aliphatic carbocycles. The molecule has 19 heavy (non-hydrogen) atoms. The minimum atomic E-state index is -0.643. The van der Waals surface area contributed by atoms with Gasteiger partial charge in [0.05, 0.1) is 5.41 Å². The van der Waals surface area contributed by atoms with Crippen LogP contribution in [0.5, 0.6) is 0 Å². The van der Waals surface area contributed by atoms with E-state index in [2.05, 4.69) is 38.1 Å². The van der Waals surface area contributed by atoms with Gasteiger partial charge in [-0.05, 0) is 49.5 Å². The molecule has 3 atom stereocenters. The van der Waals surface area contributed by atoms with E-state index in [0.717, 1.165) is 19.3 Å². The quantitative estimate of drug-likeness (QED) is 0.879. The highest BCUT2D eigenvalue weighted by Gasteiger charge is 2.43. The van der Waals surface area contributed by atoms with Gasteiger partial charge >= 0.3 is 5.97 Å². The monoisotopic (exact) mass is 260 g/mol. The number of hydrogen-bond acceptors (Lipinski definition) is 1. The van der Waals surface area contributed by atoms with Gasteiger partial charge in [-0.2, -0.15) is 0 Å². The van der Waals surface area contributed by atoms with Crippen LogP contribution in [0, 0.1) is 17.3 Å². The lowest BCUT2D eigenvalue weighted by molar-refractivity contribution is -0.151. The van der Waals surface area contributed by atoms with Gasteiger partial charge in [-0.1, -0.05) is 44.2 Å². The van der Waals surface area contributed by atoms with Gasteiger partial charge in [0.15, 0.2) is 0 Å². The van der Waals surface area contributed by atoms with Crippen LogP contribution in [0.15, 0.2) is 30.3 Å². The minimum Gasteiger partial charge on any atom is -0.481 e. The van der Waals surface area contributed by atoms with Crippen LogP contribution < -0.4 is 0 Å². The zero-order chi connectivity index (χ0) is 14.0. The van der Waals surface area contributed by atoms with Gasteiger partial charge in [-0.15, -0.1) is 0 Å². The van der Waals surface area contributed by atoms with Crippen LogP contribution in [0.1, 0.15) is 51.5 Å². The first-order chi connectivity index (χ1) is 8.94. The van der Waals surface area contributed by atoms with Crippen LogP contribution in [0.25, 0.3) is 0 Å². The maximum atomic E-state index is 11.5. The van der Waals surface area contributed by atoms with E-state index in [1.807, 2.05) is 13.0 Å². The van der Waals surface area contributed by atoms with Crippen LogP contribution in [-0.4, -0.2) is 11.1 Å². The molecule has 2 rings (SSSR count). The van der Waals surface area contributed by atoms with Crippen molar-refractivity contribution < 1.29 is 9.90 Å². The van der Waals surface area contributed by atoms with Crippen LogP contribution in [0.4, 0.5) is 0 Å². The molecule has 0 aliphatic heterocycles. The lowest BCUT2D eigenvalue weighted by Crippen LogP contribution is -2.38. The topological polar surface area (TPSA) is 37.3 Å². The molecule has 104 valence electrons. The van der Waals surface area contributed by atoms with E-state index in [1.165, 1.54) is 5.56 Å². The molecule has 1 aromatic rings. The van der Waals surface area contributed by atoms with Crippen molar-refractivity contribution >= 4 is 5.97 Å². The van der Waals surface area contributed by atoms with Gasteiger partial charge in [0.2, 0.25) is 0 Å². The zero-order valence-corrected chi connectivity index (χ0v) is 12.1. The summed E-state index contributed by atoms with van der Waals surface area (Å²) < 4.78 is 0. The third-order valence-electron chi connectivity index (χ3n) is 4.82. The van der Waals surface area contributed by atoms with Gasteiger partial charge in [0, 0.05) is 0 Å². The van der Waals surface area contributed by atoms with Crippen molar-refractivity contribution in [2.75, 3.05) is 0 Å². The Bertz CT molecular complexity index is 438. The first-order valence-corrected chi connectivity index (χ1v) is 7.22. The fraction of sp³-hybridized carbons (Fsp3) is 0.588. The molecule has 1 N–H and O–H groups in total. The Morgan fingerprint density at radius 2 is 1.95 bits per heavy atom. The highest BCUT2D eigenvalue weighted by Crippen LogP contribution is 2.49. The zero-order valence-electron chi connectivity index (χ0n) is 12.1. The lowest BCUT2D eigenvalue weighted by Gasteiger charge is -2.42. The molecule has 2 heteroatoms. The molecule has 0 spiro atoms. The van der Waals surface area contributed by atoms with Crippen molar-refractivity contribution in [1.29, 1.82) is 0 Å². The predicted molar refractivity (Wildman–Crippen MR) is 77.1 cm³/mol. The number of carboxylic acids is 1. The molecule has 2 nitrogen and oxygen atoms in total. The van der Waals surface area contributed by atoms with Crippen molar-refractivity contribution in [3.63, 3.8) is 0 Å². The Hall–Kier alpha value is -1.31. The summed E-state index contributed by atoms with van der Waals surface area (Å²) in [6.45, 7) is 6.41. The standard InChI is InChI=1S/C17H24O2/c1-12(2)14-9-10-17(3,16(18)19)11-15(14)13-7-5-4-6-8-13/h4-8,12,14-15H,9-11H2,1-3H3,(H,18,19). The molecule has 1 aromatic carbocycles. The Labute approximate surface area is 115 Å². The normalized spacial score (nSPS) is 31.4. The number of aliphatic carboxylic acids is 1. The van der Waals surface area contributed by atoms with E-state index in [0.29, 0.717) is 17.8 Å². The highest BCUT2D eigenvalue weighted by atomic mass is 16.4. The first kappa shape index (κ1) is 14.1. The van der Waals surface area contributed by atoms with Crippen LogP contribution in [0.3, 0.4) is 0 Å². The molecular formula is C17H24O2. The summed E-state index contributed by atoms with van der Waals surface area (Å²) in [6.07, 6.45) is 2.57. The van der Waals surface area contributed by atoms with E-state index < -0.39 is 11.4 Å². The Balaban J connectivity index is 2.31. The molecule has 0 aromatic heterocycles. The van der Waals surface area contributed by atoms with Gasteiger partial charge in [0.25, 0.3) is 0 Å². The third-order valence-corrected chi connectivity index (χ3v) is 4.82. The van der Waals surface area contributed by atoms with E-state index in [-0.39, 0.29) is 0 Å². The summed E-state index contributed by atoms with van der Waals surface area (Å²) in [5.74, 6) is 0.921. The second-order valence-electron chi connectivity index (χ2n) is 6.53. The van der Waals surface area contributed by atoms with E-state index in [4.69, 9.17) is 0 Å². The second-order valence-corrected chi connectivity index (χ2v) is 6.53. The Kier molecular flexibility index (Phi) is 3.98. The van der Waals surface area contributed by atoms with Crippen LogP contribution in [-0.2, 0) is 4.79 Å². The lowest BCUT2D eigenvalue weighted by atomic mass is 9.61. The average molecular weight is 260 g/mol. The van der Waals surface area contributed by atoms with E-state index in [9.17, 15) is 9.90 Å². The van der Waals surface area contributed by atoms with E-state index >= 15 is 0 Å². The van der Waals surface area contributed by atoms with Crippen molar-refractivity contribution in [3.05, 3.63) is 35.9 Å². The van der Waals surface area contributed by atoms with Crippen molar-refractivity contribution in [2.45, 2.75) is 46.0 Å². The van der Waals surface area contributed by atoms with Crippen molar-refractivity contribution in [2.24, 2.45) is 17.3 Å². The average Bonchev–Trinajstić information content (AvgIpc) is 2.39. The van der Waals surface area contributed by atoms with Crippen LogP contribution >= 0.6 is 0 Å². The SMILES string of the molecule is CC(C)C1CCC(C)(C(=O)O)CC1c1ccccc1. The molecule has 1 fully saturated rings. The van der Waals surface area contributed by atoms with Crippen LogP contribution in [0.2, 0.25) is 0 Å². The van der Waals surface area contributed by atoms with Crippen molar-refractivity contribution in [1.82, 2.24) is 0 Å². The molecule has 0 amide bonds. The fourth-order valence-corrected chi connectivity index (χ4v) is 3.48. The number of carboxylic acid groups (broad SMARTS) is 1. The summed E-state index contributed by atoms with van der Waals surface area (Å²) in [4.78, 5) is 11.5. The number of benzene rings is 1. The summed E-state index contributed by atoms with van der Waals surface area (Å²) in [5, 5.41) is 9.49. The Morgan fingerprint density at radius 3 is 2.47 bits per heavy atom. The number of carbonyl (C=O) groups is 1. The largest absolute Gasteiger partial charge is 0.481 e. The van der Waals surface area contributed by atoms with E-state index in [1.54, 1.807) is 0 Å². The fourth-order valence-electron chi connectivity index (χ4n) is 3.48. The molecule has 0 saturated heterocycles. The second kappa shape index (κ2) is 5.36. The van der Waals surface area contributed by atoms with Gasteiger partial charge in [-0.25, -0.2) is 0 Å². The van der Waals surface area contributed by atoms with Gasteiger partial charge < -0.3 is 5.11 Å². The summed E-state index contributed by atoms with van der Waals surface area (Å²) in [7, 11) is 0. The molecule has 0 heterocycles. The number of rotatable bonds is 3. The maximum Gasteiger partial charge on any atom is 0.309 e. The van der Waals surface area contributed by atoms with Gasteiger partial charge in [-0.3, -0.25) is 4.79 Å². The minimum absolute atomic E-state index is 0.371. The molecule has 3 unspecified atom stereocenters. The Morgan fingerprint density at radius 1 is 1.32 bits per heavy atom. The summed E-state index contributed by atoms with van der Waals surface area (Å²) >= 11 is 0. The number of hydrogen-bond donors (Lipinski definition) is 1. The summed E-state index contributed by atoms with van der Waals surface area (Å²) in [5.41, 5.74) is 0.736. The maximum absolute atomic E-state index is 11.5. The molecular weight excluding hydrogens is 236 g/mol.